The van der Waals surface area contributed by atoms with E-state index in [2.05, 4.69) is 32.1 Å². The maximum absolute atomic E-state index is 12.4. The van der Waals surface area contributed by atoms with E-state index in [1.807, 2.05) is 25.5 Å². The van der Waals surface area contributed by atoms with Gasteiger partial charge in [0.1, 0.15) is 5.02 Å². The summed E-state index contributed by atoms with van der Waals surface area (Å²) in [5.41, 5.74) is 2.46. The summed E-state index contributed by atoms with van der Waals surface area (Å²) in [5.74, 6) is -0.671. The lowest BCUT2D eigenvalue weighted by molar-refractivity contribution is -0.123. The summed E-state index contributed by atoms with van der Waals surface area (Å²) >= 11 is 6.51. The summed E-state index contributed by atoms with van der Waals surface area (Å²) < 4.78 is 30.2. The number of aromatic nitrogens is 4. The van der Waals surface area contributed by atoms with Gasteiger partial charge in [-0.2, -0.15) is 17.8 Å². The molecule has 0 saturated heterocycles. The number of carbonyl (C=O) groups is 2. The molecule has 0 radical (unpaired) electrons. The topological polar surface area (TPSA) is 150 Å². The van der Waals surface area contributed by atoms with Crippen LogP contribution in [0.15, 0.2) is 24.3 Å². The number of anilines is 1. The van der Waals surface area contributed by atoms with Gasteiger partial charge in [0, 0.05) is 36.1 Å². The summed E-state index contributed by atoms with van der Waals surface area (Å²) in [6.07, 6.45) is 11.1. The molecule has 11 nitrogen and oxygen atoms in total. The first-order chi connectivity index (χ1) is 20.4. The quantitative estimate of drug-likeness (QED) is 0.121. The Balaban J connectivity index is 1.34. The van der Waals surface area contributed by atoms with Crippen molar-refractivity contribution in [2.75, 3.05) is 11.9 Å². The second kappa shape index (κ2) is 16.2. The molecule has 2 heterocycles. The van der Waals surface area contributed by atoms with E-state index in [9.17, 15) is 18.0 Å². The Morgan fingerprint density at radius 3 is 2.07 bits per heavy atom. The SMILES string of the molecule is CCCCCCCCCCCCNS(=O)(=O)NC(=O)CCC(=O)Nc1ccc(-c2nc3c(Cl)c(C(C)(C)C)[nH]n3n2)cc1. The summed E-state index contributed by atoms with van der Waals surface area (Å²) in [7, 11) is -3.95. The van der Waals surface area contributed by atoms with Crippen LogP contribution in [0.25, 0.3) is 17.0 Å². The minimum atomic E-state index is -3.95. The molecule has 0 bridgehead atoms. The molecule has 2 amide bonds. The van der Waals surface area contributed by atoms with Gasteiger partial charge >= 0.3 is 10.2 Å². The Morgan fingerprint density at radius 1 is 0.907 bits per heavy atom. The van der Waals surface area contributed by atoms with E-state index in [1.54, 1.807) is 28.9 Å². The van der Waals surface area contributed by atoms with Gasteiger partial charge in [-0.15, -0.1) is 5.10 Å². The van der Waals surface area contributed by atoms with Gasteiger partial charge < -0.3 is 5.32 Å². The molecule has 4 N–H and O–H groups in total. The van der Waals surface area contributed by atoms with Crippen molar-refractivity contribution in [1.29, 1.82) is 0 Å². The molecule has 3 aromatic rings. The van der Waals surface area contributed by atoms with Gasteiger partial charge in [-0.25, -0.2) is 9.71 Å². The molecular formula is C30H46ClN7O4S. The molecule has 0 spiro atoms. The molecule has 0 saturated carbocycles. The van der Waals surface area contributed by atoms with Gasteiger partial charge in [-0.05, 0) is 30.7 Å². The monoisotopic (exact) mass is 635 g/mol. The standard InChI is InChI=1S/C30H46ClN7O4S/c1-5-6-7-8-9-10-11-12-13-14-21-32-43(41,42)37-25(40)20-19-24(39)33-23-17-15-22(16-18-23)28-34-29-26(31)27(30(2,3)4)35-38(29)36-28/h15-18,32,35H,5-14,19-21H2,1-4H3,(H,33,39)(H,37,40). The molecule has 238 valence electrons. The number of hydrogen-bond donors (Lipinski definition) is 4. The van der Waals surface area contributed by atoms with E-state index >= 15 is 0 Å². The second-order valence-electron chi connectivity index (χ2n) is 12.0. The highest BCUT2D eigenvalue weighted by atomic mass is 35.5. The Kier molecular flexibility index (Phi) is 13.0. The van der Waals surface area contributed by atoms with Gasteiger partial charge in [-0.3, -0.25) is 14.7 Å². The molecule has 0 atom stereocenters. The number of unbranched alkanes of at least 4 members (excludes halogenated alkanes) is 9. The predicted molar refractivity (Wildman–Crippen MR) is 171 cm³/mol. The van der Waals surface area contributed by atoms with E-state index in [-0.39, 0.29) is 24.8 Å². The third-order valence-electron chi connectivity index (χ3n) is 7.07. The lowest BCUT2D eigenvalue weighted by Crippen LogP contribution is -2.40. The van der Waals surface area contributed by atoms with Gasteiger partial charge in [0.2, 0.25) is 11.8 Å². The van der Waals surface area contributed by atoms with Crippen molar-refractivity contribution in [2.24, 2.45) is 0 Å². The normalized spacial score (nSPS) is 12.1. The summed E-state index contributed by atoms with van der Waals surface area (Å²) in [4.78, 5) is 29.0. The number of amides is 2. The second-order valence-corrected chi connectivity index (χ2v) is 13.8. The smallest absolute Gasteiger partial charge is 0.301 e. The molecule has 3 rings (SSSR count). The van der Waals surface area contributed by atoms with Crippen molar-refractivity contribution in [1.82, 2.24) is 29.3 Å². The van der Waals surface area contributed by atoms with Crippen LogP contribution < -0.4 is 14.8 Å². The van der Waals surface area contributed by atoms with Crippen LogP contribution in [-0.4, -0.2) is 46.6 Å². The zero-order valence-corrected chi connectivity index (χ0v) is 27.3. The van der Waals surface area contributed by atoms with Crippen LogP contribution in [-0.2, 0) is 25.2 Å². The van der Waals surface area contributed by atoms with E-state index in [1.165, 1.54) is 38.5 Å². The Morgan fingerprint density at radius 2 is 1.49 bits per heavy atom. The number of H-pyrrole nitrogens is 1. The Labute approximate surface area is 260 Å². The van der Waals surface area contributed by atoms with Gasteiger partial charge in [0.25, 0.3) is 0 Å². The van der Waals surface area contributed by atoms with Gasteiger partial charge in [-0.1, -0.05) is 97.1 Å². The van der Waals surface area contributed by atoms with Crippen LogP contribution in [0.5, 0.6) is 0 Å². The average Bonchev–Trinajstić information content (AvgIpc) is 3.50. The molecule has 0 fully saturated rings. The molecule has 13 heteroatoms. The first-order valence-corrected chi connectivity index (χ1v) is 17.1. The fourth-order valence-electron chi connectivity index (χ4n) is 4.63. The van der Waals surface area contributed by atoms with Crippen molar-refractivity contribution in [3.8, 4) is 11.4 Å². The highest BCUT2D eigenvalue weighted by Gasteiger charge is 2.24. The van der Waals surface area contributed by atoms with Crippen molar-refractivity contribution in [2.45, 2.75) is 110 Å². The minimum absolute atomic E-state index is 0.163. The van der Waals surface area contributed by atoms with E-state index in [4.69, 9.17) is 11.6 Å². The Bertz CT molecular complexity index is 1440. The van der Waals surface area contributed by atoms with Crippen molar-refractivity contribution >= 4 is 45.0 Å². The molecule has 0 unspecified atom stereocenters. The highest BCUT2D eigenvalue weighted by Crippen LogP contribution is 2.32. The van der Waals surface area contributed by atoms with Crippen molar-refractivity contribution in [3.05, 3.63) is 35.0 Å². The predicted octanol–water partition coefficient (Wildman–Crippen LogP) is 6.27. The van der Waals surface area contributed by atoms with Crippen LogP contribution in [0.1, 0.15) is 110 Å². The molecule has 2 aromatic heterocycles. The molecule has 0 aliphatic rings. The molecule has 43 heavy (non-hydrogen) atoms. The summed E-state index contributed by atoms with van der Waals surface area (Å²) in [6.45, 7) is 8.62. The van der Waals surface area contributed by atoms with Crippen LogP contribution in [0.4, 0.5) is 5.69 Å². The first-order valence-electron chi connectivity index (χ1n) is 15.2. The summed E-state index contributed by atoms with van der Waals surface area (Å²) in [5, 5.41) is 10.9. The number of hydrogen-bond acceptors (Lipinski definition) is 6. The molecule has 0 aliphatic heterocycles. The van der Waals surface area contributed by atoms with Crippen molar-refractivity contribution in [3.63, 3.8) is 0 Å². The van der Waals surface area contributed by atoms with Crippen LogP contribution in [0.2, 0.25) is 5.02 Å². The highest BCUT2D eigenvalue weighted by molar-refractivity contribution is 7.88. The lowest BCUT2D eigenvalue weighted by atomic mass is 9.92. The number of nitrogens with zero attached hydrogens (tertiary/aromatic N) is 3. The number of carbonyl (C=O) groups excluding carboxylic acids is 2. The van der Waals surface area contributed by atoms with Crippen LogP contribution in [0.3, 0.4) is 0 Å². The molecule has 0 aliphatic carbocycles. The number of nitrogens with one attached hydrogen (secondary N) is 4. The average molecular weight is 636 g/mol. The van der Waals surface area contributed by atoms with E-state index in [0.717, 1.165) is 30.5 Å². The number of rotatable bonds is 18. The zero-order valence-electron chi connectivity index (χ0n) is 25.8. The lowest BCUT2D eigenvalue weighted by Gasteiger charge is -2.16. The van der Waals surface area contributed by atoms with Gasteiger partial charge in [0.05, 0.1) is 5.69 Å². The summed E-state index contributed by atoms with van der Waals surface area (Å²) in [6, 6.07) is 6.94. The molecular weight excluding hydrogens is 590 g/mol. The van der Waals surface area contributed by atoms with Crippen LogP contribution >= 0.6 is 11.6 Å². The van der Waals surface area contributed by atoms with E-state index < -0.39 is 22.0 Å². The largest absolute Gasteiger partial charge is 0.326 e. The maximum Gasteiger partial charge on any atom is 0.301 e. The number of aromatic amines is 1. The zero-order chi connectivity index (χ0) is 31.5. The van der Waals surface area contributed by atoms with Crippen molar-refractivity contribution < 1.29 is 18.0 Å². The third-order valence-corrected chi connectivity index (χ3v) is 8.51. The Hall–Kier alpha value is -2.96. The van der Waals surface area contributed by atoms with Gasteiger partial charge in [0.15, 0.2) is 11.5 Å². The first kappa shape index (κ1) is 34.5. The fraction of sp³-hybridized carbons (Fsp3) is 0.600. The number of fused-ring (bicyclic) bond motifs is 1. The fourth-order valence-corrected chi connectivity index (χ4v) is 5.96. The minimum Gasteiger partial charge on any atom is -0.326 e. The van der Waals surface area contributed by atoms with Crippen LogP contribution in [0, 0.1) is 0 Å². The number of halogens is 1. The third kappa shape index (κ3) is 11.2. The van der Waals surface area contributed by atoms with E-state index in [0.29, 0.717) is 28.6 Å². The molecule has 1 aromatic carbocycles. The number of benzene rings is 1. The maximum atomic E-state index is 12.4.